The highest BCUT2D eigenvalue weighted by Crippen LogP contribution is 2.24. The molecule has 148 valence electrons. The number of benzene rings is 2. The summed E-state index contributed by atoms with van der Waals surface area (Å²) in [6, 6.07) is 14.7. The second-order valence-corrected chi connectivity index (χ2v) is 6.65. The van der Waals surface area contributed by atoms with Gasteiger partial charge in [0.15, 0.2) is 0 Å². The Kier molecular flexibility index (Phi) is 6.53. The summed E-state index contributed by atoms with van der Waals surface area (Å²) in [5.74, 6) is 1.49. The summed E-state index contributed by atoms with van der Waals surface area (Å²) in [5.41, 5.74) is 1.73. The van der Waals surface area contributed by atoms with Gasteiger partial charge in [-0.3, -0.25) is 9.59 Å². The molecule has 2 amide bonds. The normalized spacial score (nSPS) is 16.1. The van der Waals surface area contributed by atoms with E-state index in [2.05, 4.69) is 5.32 Å². The second kappa shape index (κ2) is 9.26. The molecule has 0 spiro atoms. The smallest absolute Gasteiger partial charge is 0.229 e. The second-order valence-electron chi connectivity index (χ2n) is 6.65. The zero-order chi connectivity index (χ0) is 19.9. The van der Waals surface area contributed by atoms with Crippen LogP contribution in [-0.4, -0.2) is 37.6 Å². The molecule has 0 aliphatic carbocycles. The van der Waals surface area contributed by atoms with E-state index in [1.165, 1.54) is 0 Å². The molecule has 1 N–H and O–H groups in total. The number of hydrogen-bond donors (Lipinski definition) is 1. The van der Waals surface area contributed by atoms with Crippen LogP contribution in [0.1, 0.15) is 25.8 Å². The summed E-state index contributed by atoms with van der Waals surface area (Å²) in [4.78, 5) is 26.4. The summed E-state index contributed by atoms with van der Waals surface area (Å²) in [6.45, 7) is 5.55. The molecule has 0 radical (unpaired) electrons. The van der Waals surface area contributed by atoms with Gasteiger partial charge in [-0.2, -0.15) is 0 Å². The van der Waals surface area contributed by atoms with Crippen LogP contribution in [0.2, 0.25) is 0 Å². The molecule has 0 saturated carbocycles. The van der Waals surface area contributed by atoms with Gasteiger partial charge in [-0.05, 0) is 55.8 Å². The molecule has 1 aliphatic rings. The lowest BCUT2D eigenvalue weighted by molar-refractivity contribution is -0.121. The van der Waals surface area contributed by atoms with Gasteiger partial charge in [0.25, 0.3) is 0 Å². The Bertz CT molecular complexity index is 802. The van der Waals surface area contributed by atoms with E-state index in [-0.39, 0.29) is 24.3 Å². The third kappa shape index (κ3) is 5.03. The van der Waals surface area contributed by atoms with Gasteiger partial charge in [-0.15, -0.1) is 0 Å². The van der Waals surface area contributed by atoms with Crippen LogP contribution >= 0.6 is 0 Å². The SMILES string of the molecule is CCOc1ccc(CC(=O)NC2CC(=O)N(c3ccc(OCC)cc3)C2)cc1. The van der Waals surface area contributed by atoms with Crippen LogP contribution in [0.15, 0.2) is 48.5 Å². The molecular formula is C22H26N2O4. The number of ether oxygens (including phenoxy) is 2. The molecule has 1 unspecified atom stereocenters. The quantitative estimate of drug-likeness (QED) is 0.762. The predicted octanol–water partition coefficient (Wildman–Crippen LogP) is 2.95. The van der Waals surface area contributed by atoms with Crippen LogP contribution in [-0.2, 0) is 16.0 Å². The van der Waals surface area contributed by atoms with Gasteiger partial charge in [0.05, 0.1) is 25.7 Å². The molecule has 0 bridgehead atoms. The summed E-state index contributed by atoms with van der Waals surface area (Å²) in [7, 11) is 0. The largest absolute Gasteiger partial charge is 0.494 e. The molecule has 1 saturated heterocycles. The zero-order valence-electron chi connectivity index (χ0n) is 16.3. The fourth-order valence-corrected chi connectivity index (χ4v) is 3.28. The van der Waals surface area contributed by atoms with Gasteiger partial charge in [-0.1, -0.05) is 12.1 Å². The standard InChI is InChI=1S/C22H26N2O4/c1-3-27-19-9-5-16(6-10-19)13-21(25)23-17-14-22(26)24(15-17)18-7-11-20(12-8-18)28-4-2/h5-12,17H,3-4,13-15H2,1-2H3,(H,23,25). The van der Waals surface area contributed by atoms with Crippen LogP contribution in [0.5, 0.6) is 11.5 Å². The fraction of sp³-hybridized carbons (Fsp3) is 0.364. The molecule has 1 heterocycles. The van der Waals surface area contributed by atoms with E-state index in [1.54, 1.807) is 4.90 Å². The van der Waals surface area contributed by atoms with Gasteiger partial charge in [0.1, 0.15) is 11.5 Å². The lowest BCUT2D eigenvalue weighted by Gasteiger charge is -2.18. The van der Waals surface area contributed by atoms with Crippen LogP contribution in [0, 0.1) is 0 Å². The first kappa shape index (κ1) is 19.7. The zero-order valence-corrected chi connectivity index (χ0v) is 16.3. The van der Waals surface area contributed by atoms with Crippen molar-refractivity contribution >= 4 is 17.5 Å². The van der Waals surface area contributed by atoms with Crippen LogP contribution in [0.25, 0.3) is 0 Å². The average Bonchev–Trinajstić information content (AvgIpc) is 3.04. The van der Waals surface area contributed by atoms with E-state index >= 15 is 0 Å². The fourth-order valence-electron chi connectivity index (χ4n) is 3.28. The Balaban J connectivity index is 1.53. The lowest BCUT2D eigenvalue weighted by Crippen LogP contribution is -2.38. The van der Waals surface area contributed by atoms with E-state index in [0.717, 1.165) is 22.7 Å². The van der Waals surface area contributed by atoms with Gasteiger partial charge in [0, 0.05) is 18.7 Å². The number of hydrogen-bond acceptors (Lipinski definition) is 4. The lowest BCUT2D eigenvalue weighted by atomic mass is 10.1. The molecule has 1 fully saturated rings. The number of amides is 2. The number of carbonyl (C=O) groups is 2. The van der Waals surface area contributed by atoms with Crippen molar-refractivity contribution in [2.75, 3.05) is 24.7 Å². The molecule has 3 rings (SSSR count). The number of nitrogens with one attached hydrogen (secondary N) is 1. The number of carbonyl (C=O) groups excluding carboxylic acids is 2. The number of anilines is 1. The van der Waals surface area contributed by atoms with Crippen LogP contribution in [0.4, 0.5) is 5.69 Å². The maximum atomic E-state index is 12.4. The van der Waals surface area contributed by atoms with Crippen LogP contribution < -0.4 is 19.7 Å². The Morgan fingerprint density at radius 2 is 1.57 bits per heavy atom. The highest BCUT2D eigenvalue weighted by molar-refractivity contribution is 5.97. The first-order chi connectivity index (χ1) is 13.6. The summed E-state index contributed by atoms with van der Waals surface area (Å²) in [6.07, 6.45) is 0.586. The average molecular weight is 382 g/mol. The summed E-state index contributed by atoms with van der Waals surface area (Å²) >= 11 is 0. The summed E-state index contributed by atoms with van der Waals surface area (Å²) < 4.78 is 10.8. The van der Waals surface area contributed by atoms with E-state index < -0.39 is 0 Å². The van der Waals surface area contributed by atoms with Crippen molar-refractivity contribution in [3.05, 3.63) is 54.1 Å². The molecule has 0 aromatic heterocycles. The van der Waals surface area contributed by atoms with Gasteiger partial charge < -0.3 is 19.7 Å². The van der Waals surface area contributed by atoms with E-state index in [9.17, 15) is 9.59 Å². The number of nitrogens with zero attached hydrogens (tertiary/aromatic N) is 1. The minimum absolute atomic E-state index is 0.00975. The number of rotatable bonds is 8. The monoisotopic (exact) mass is 382 g/mol. The maximum absolute atomic E-state index is 12.4. The van der Waals surface area contributed by atoms with Gasteiger partial charge >= 0.3 is 0 Å². The first-order valence-electron chi connectivity index (χ1n) is 9.63. The minimum Gasteiger partial charge on any atom is -0.494 e. The van der Waals surface area contributed by atoms with Crippen molar-refractivity contribution in [2.24, 2.45) is 0 Å². The van der Waals surface area contributed by atoms with Gasteiger partial charge in [-0.25, -0.2) is 0 Å². The Hall–Kier alpha value is -3.02. The third-order valence-corrected chi connectivity index (χ3v) is 4.55. The topological polar surface area (TPSA) is 67.9 Å². The van der Waals surface area contributed by atoms with E-state index in [0.29, 0.717) is 26.2 Å². The van der Waals surface area contributed by atoms with Crippen molar-refractivity contribution in [2.45, 2.75) is 32.7 Å². The molecule has 2 aromatic carbocycles. The van der Waals surface area contributed by atoms with Crippen molar-refractivity contribution in [3.63, 3.8) is 0 Å². The Morgan fingerprint density at radius 1 is 1.00 bits per heavy atom. The molecule has 2 aromatic rings. The maximum Gasteiger partial charge on any atom is 0.229 e. The molecule has 1 aliphatic heterocycles. The van der Waals surface area contributed by atoms with E-state index in [4.69, 9.17) is 9.47 Å². The molecule has 6 nitrogen and oxygen atoms in total. The van der Waals surface area contributed by atoms with Crippen molar-refractivity contribution in [1.82, 2.24) is 5.32 Å². The van der Waals surface area contributed by atoms with Crippen molar-refractivity contribution in [3.8, 4) is 11.5 Å². The first-order valence-corrected chi connectivity index (χ1v) is 9.63. The van der Waals surface area contributed by atoms with Crippen LogP contribution in [0.3, 0.4) is 0 Å². The minimum atomic E-state index is -0.186. The van der Waals surface area contributed by atoms with Crippen molar-refractivity contribution < 1.29 is 19.1 Å². The predicted molar refractivity (Wildman–Crippen MR) is 108 cm³/mol. The molecule has 1 atom stereocenters. The summed E-state index contributed by atoms with van der Waals surface area (Å²) in [5, 5.41) is 2.97. The molecule has 6 heteroatoms. The Labute approximate surface area is 165 Å². The highest BCUT2D eigenvalue weighted by atomic mass is 16.5. The van der Waals surface area contributed by atoms with Gasteiger partial charge in [0.2, 0.25) is 11.8 Å². The molecular weight excluding hydrogens is 356 g/mol. The molecule has 28 heavy (non-hydrogen) atoms. The Morgan fingerprint density at radius 3 is 2.14 bits per heavy atom. The third-order valence-electron chi connectivity index (χ3n) is 4.55. The van der Waals surface area contributed by atoms with E-state index in [1.807, 2.05) is 62.4 Å². The highest BCUT2D eigenvalue weighted by Gasteiger charge is 2.31. The van der Waals surface area contributed by atoms with Crippen molar-refractivity contribution in [1.29, 1.82) is 0 Å².